The van der Waals surface area contributed by atoms with Gasteiger partial charge in [-0.2, -0.15) is 0 Å². The molecular weight excluding hydrogens is 232 g/mol. The van der Waals surface area contributed by atoms with Gasteiger partial charge < -0.3 is 20.9 Å². The van der Waals surface area contributed by atoms with Gasteiger partial charge in [-0.05, 0) is 12.5 Å². The minimum atomic E-state index is -0.175. The van der Waals surface area contributed by atoms with Crippen molar-refractivity contribution in [1.82, 2.24) is 15.2 Å². The number of hydrogen-bond acceptors (Lipinski definition) is 3. The molecule has 1 aromatic heterocycles. The fourth-order valence-electron chi connectivity index (χ4n) is 1.65. The maximum Gasteiger partial charge on any atom is 0.268 e. The summed E-state index contributed by atoms with van der Waals surface area (Å²) in [6.07, 6.45) is 2.69. The van der Waals surface area contributed by atoms with Gasteiger partial charge in [-0.1, -0.05) is 6.92 Å². The first-order valence-corrected chi connectivity index (χ1v) is 6.03. The Hall–Kier alpha value is -1.98. The first kappa shape index (κ1) is 14.1. The van der Waals surface area contributed by atoms with E-state index in [0.717, 1.165) is 13.0 Å². The Morgan fingerprint density at radius 3 is 2.61 bits per heavy atom. The van der Waals surface area contributed by atoms with Crippen LogP contribution in [-0.4, -0.2) is 29.5 Å². The Labute approximate surface area is 107 Å². The van der Waals surface area contributed by atoms with E-state index >= 15 is 0 Å². The highest BCUT2D eigenvalue weighted by atomic mass is 16.2. The summed E-state index contributed by atoms with van der Waals surface area (Å²) < 4.78 is 1.84. The van der Waals surface area contributed by atoms with Crippen LogP contribution in [0.2, 0.25) is 0 Å². The Balaban J connectivity index is 2.52. The number of anilines is 1. The quantitative estimate of drug-likeness (QED) is 0.638. The molecule has 1 aromatic rings. The van der Waals surface area contributed by atoms with E-state index in [2.05, 4.69) is 10.6 Å². The largest absolute Gasteiger partial charge is 0.397 e. The minimum Gasteiger partial charge on any atom is -0.397 e. The van der Waals surface area contributed by atoms with Gasteiger partial charge in [0.05, 0.1) is 5.69 Å². The summed E-state index contributed by atoms with van der Waals surface area (Å²) in [6.45, 7) is 5.05. The van der Waals surface area contributed by atoms with Crippen LogP contribution in [0.1, 0.15) is 30.8 Å². The highest BCUT2D eigenvalue weighted by molar-refractivity contribution is 5.93. The lowest BCUT2D eigenvalue weighted by Crippen LogP contribution is -2.34. The number of rotatable bonds is 6. The molecule has 0 aliphatic carbocycles. The number of aryl methyl sites for hydroxylation is 1. The van der Waals surface area contributed by atoms with E-state index in [1.54, 1.807) is 12.3 Å². The Morgan fingerprint density at radius 2 is 2.00 bits per heavy atom. The summed E-state index contributed by atoms with van der Waals surface area (Å²) in [6, 6.07) is 1.66. The molecule has 2 amide bonds. The third-order valence-electron chi connectivity index (χ3n) is 2.40. The second-order valence-electron chi connectivity index (χ2n) is 4.09. The molecule has 6 heteroatoms. The molecule has 0 saturated heterocycles. The van der Waals surface area contributed by atoms with Crippen LogP contribution in [0.3, 0.4) is 0 Å². The summed E-state index contributed by atoms with van der Waals surface area (Å²) >= 11 is 0. The third kappa shape index (κ3) is 4.12. The fourth-order valence-corrected chi connectivity index (χ4v) is 1.65. The van der Waals surface area contributed by atoms with Crippen molar-refractivity contribution in [2.45, 2.75) is 26.8 Å². The summed E-state index contributed by atoms with van der Waals surface area (Å²) in [7, 11) is 0. The molecule has 1 heterocycles. The number of amides is 2. The second-order valence-corrected chi connectivity index (χ2v) is 4.09. The maximum absolute atomic E-state index is 11.9. The summed E-state index contributed by atoms with van der Waals surface area (Å²) in [5.74, 6) is -0.284. The van der Waals surface area contributed by atoms with Gasteiger partial charge in [0.2, 0.25) is 5.91 Å². The molecule has 6 nitrogen and oxygen atoms in total. The molecule has 0 fully saturated rings. The molecule has 0 aliphatic rings. The van der Waals surface area contributed by atoms with Gasteiger partial charge in [-0.25, -0.2) is 0 Å². The molecule has 0 aliphatic heterocycles. The summed E-state index contributed by atoms with van der Waals surface area (Å²) in [5.41, 5.74) is 6.82. The molecule has 100 valence electrons. The van der Waals surface area contributed by atoms with Crippen molar-refractivity contribution in [3.8, 4) is 0 Å². The number of nitrogens with zero attached hydrogens (tertiary/aromatic N) is 1. The Bertz CT molecular complexity index is 426. The van der Waals surface area contributed by atoms with Crippen LogP contribution in [0.25, 0.3) is 0 Å². The molecule has 1 rings (SSSR count). The lowest BCUT2D eigenvalue weighted by atomic mass is 10.3. The third-order valence-corrected chi connectivity index (χ3v) is 2.40. The number of carbonyl (C=O) groups is 2. The topological polar surface area (TPSA) is 89.2 Å². The van der Waals surface area contributed by atoms with Gasteiger partial charge in [-0.15, -0.1) is 0 Å². The zero-order valence-electron chi connectivity index (χ0n) is 10.8. The van der Waals surface area contributed by atoms with E-state index in [1.807, 2.05) is 11.5 Å². The second kappa shape index (κ2) is 6.68. The number of hydrogen-bond donors (Lipinski definition) is 3. The monoisotopic (exact) mass is 252 g/mol. The van der Waals surface area contributed by atoms with Crippen molar-refractivity contribution in [3.63, 3.8) is 0 Å². The molecular formula is C12H20N4O2. The fraction of sp³-hybridized carbons (Fsp3) is 0.500. The van der Waals surface area contributed by atoms with Crippen molar-refractivity contribution >= 4 is 17.5 Å². The molecule has 0 radical (unpaired) electrons. The van der Waals surface area contributed by atoms with Gasteiger partial charge in [0.1, 0.15) is 5.69 Å². The number of carbonyl (C=O) groups excluding carboxylic acids is 2. The number of aromatic nitrogens is 1. The maximum atomic E-state index is 11.9. The first-order chi connectivity index (χ1) is 8.54. The van der Waals surface area contributed by atoms with E-state index in [-0.39, 0.29) is 11.8 Å². The molecule has 0 spiro atoms. The van der Waals surface area contributed by atoms with E-state index in [9.17, 15) is 9.59 Å². The van der Waals surface area contributed by atoms with Crippen LogP contribution >= 0.6 is 0 Å². The highest BCUT2D eigenvalue weighted by Crippen LogP contribution is 2.11. The predicted octanol–water partition coefficient (Wildman–Crippen LogP) is 0.346. The predicted molar refractivity (Wildman–Crippen MR) is 70.2 cm³/mol. The van der Waals surface area contributed by atoms with Crippen LogP contribution in [0.5, 0.6) is 0 Å². The van der Waals surface area contributed by atoms with Gasteiger partial charge >= 0.3 is 0 Å². The average molecular weight is 252 g/mol. The highest BCUT2D eigenvalue weighted by Gasteiger charge is 2.11. The van der Waals surface area contributed by atoms with Crippen LogP contribution in [-0.2, 0) is 11.3 Å². The van der Waals surface area contributed by atoms with Gasteiger partial charge in [0, 0.05) is 32.8 Å². The molecule has 0 unspecified atom stereocenters. The Morgan fingerprint density at radius 1 is 1.33 bits per heavy atom. The van der Waals surface area contributed by atoms with Crippen molar-refractivity contribution in [2.75, 3.05) is 18.8 Å². The number of nitrogens with two attached hydrogens (primary N) is 1. The van der Waals surface area contributed by atoms with Crippen LogP contribution < -0.4 is 16.4 Å². The lowest BCUT2D eigenvalue weighted by molar-refractivity contribution is -0.118. The molecule has 0 bridgehead atoms. The lowest BCUT2D eigenvalue weighted by Gasteiger charge is -2.08. The van der Waals surface area contributed by atoms with Crippen molar-refractivity contribution in [3.05, 3.63) is 18.0 Å². The van der Waals surface area contributed by atoms with E-state index in [0.29, 0.717) is 24.5 Å². The standard InChI is InChI=1S/C12H20N4O2/c1-3-6-16-8-10(13)7-11(16)12(18)15-5-4-14-9(2)17/h7-8H,3-6,13H2,1-2H3,(H,14,17)(H,15,18). The van der Waals surface area contributed by atoms with Crippen molar-refractivity contribution < 1.29 is 9.59 Å². The Kier molecular flexibility index (Phi) is 5.23. The molecule has 18 heavy (non-hydrogen) atoms. The SMILES string of the molecule is CCCn1cc(N)cc1C(=O)NCCNC(C)=O. The van der Waals surface area contributed by atoms with E-state index in [4.69, 9.17) is 5.73 Å². The zero-order chi connectivity index (χ0) is 13.5. The smallest absolute Gasteiger partial charge is 0.268 e. The van der Waals surface area contributed by atoms with Crippen molar-refractivity contribution in [2.24, 2.45) is 0 Å². The van der Waals surface area contributed by atoms with E-state index in [1.165, 1.54) is 6.92 Å². The van der Waals surface area contributed by atoms with Crippen LogP contribution in [0.15, 0.2) is 12.3 Å². The molecule has 0 saturated carbocycles. The van der Waals surface area contributed by atoms with Gasteiger partial charge in [0.25, 0.3) is 5.91 Å². The summed E-state index contributed by atoms with van der Waals surface area (Å²) in [4.78, 5) is 22.6. The number of nitrogen functional groups attached to an aromatic ring is 1. The van der Waals surface area contributed by atoms with Crippen LogP contribution in [0, 0.1) is 0 Å². The first-order valence-electron chi connectivity index (χ1n) is 6.03. The molecule has 4 N–H and O–H groups in total. The normalized spacial score (nSPS) is 10.1. The zero-order valence-corrected chi connectivity index (χ0v) is 10.8. The van der Waals surface area contributed by atoms with E-state index < -0.39 is 0 Å². The van der Waals surface area contributed by atoms with Gasteiger partial charge in [-0.3, -0.25) is 9.59 Å². The molecule has 0 aromatic carbocycles. The average Bonchev–Trinajstić information content (AvgIpc) is 2.66. The minimum absolute atomic E-state index is 0.108. The summed E-state index contributed by atoms with van der Waals surface area (Å²) in [5, 5.41) is 5.35. The number of nitrogens with one attached hydrogen (secondary N) is 2. The molecule has 0 atom stereocenters. The van der Waals surface area contributed by atoms with Gasteiger partial charge in [0.15, 0.2) is 0 Å². The van der Waals surface area contributed by atoms with Crippen LogP contribution in [0.4, 0.5) is 5.69 Å². The van der Waals surface area contributed by atoms with Crippen molar-refractivity contribution in [1.29, 1.82) is 0 Å².